The molecule has 2 aromatic heterocycles. The molecule has 0 fully saturated rings. The third kappa shape index (κ3) is 3.09. The highest BCUT2D eigenvalue weighted by Gasteiger charge is 2.33. The van der Waals surface area contributed by atoms with Gasteiger partial charge >= 0.3 is 11.7 Å². The molecule has 1 amide bonds. The Morgan fingerprint density at radius 1 is 1.38 bits per heavy atom. The number of anilines is 1. The molecule has 24 heavy (non-hydrogen) atoms. The molecular formula is C13H16N6O5. The van der Waals surface area contributed by atoms with Gasteiger partial charge in [-0.15, -0.1) is 0 Å². The number of methoxy groups -OCH3 is 1. The molecule has 0 spiro atoms. The number of rotatable bonds is 5. The van der Waals surface area contributed by atoms with E-state index in [4.69, 9.17) is 0 Å². The lowest BCUT2D eigenvalue weighted by Crippen LogP contribution is -2.40. The van der Waals surface area contributed by atoms with E-state index in [2.05, 4.69) is 20.3 Å². The summed E-state index contributed by atoms with van der Waals surface area (Å²) in [4.78, 5) is 34.4. The molecule has 2 rings (SSSR count). The Morgan fingerprint density at radius 3 is 2.58 bits per heavy atom. The van der Waals surface area contributed by atoms with E-state index in [0.29, 0.717) is 0 Å². The molecule has 2 heterocycles. The average molecular weight is 336 g/mol. The second-order valence-corrected chi connectivity index (χ2v) is 5.47. The molecule has 1 N–H and O–H groups in total. The molecule has 0 bridgehead atoms. The summed E-state index contributed by atoms with van der Waals surface area (Å²) in [7, 11) is 2.79. The minimum atomic E-state index is -1.24. The van der Waals surface area contributed by atoms with Crippen molar-refractivity contribution in [1.29, 1.82) is 0 Å². The Balaban J connectivity index is 2.28. The van der Waals surface area contributed by atoms with E-state index >= 15 is 0 Å². The number of nitrogens with zero attached hydrogens (tertiary/aromatic N) is 5. The molecule has 2 aromatic rings. The molecule has 11 heteroatoms. The van der Waals surface area contributed by atoms with Gasteiger partial charge in [0.15, 0.2) is 5.69 Å². The Morgan fingerprint density at radius 2 is 2.04 bits per heavy atom. The largest absolute Gasteiger partial charge is 0.464 e. The molecule has 128 valence electrons. The molecule has 11 nitrogen and oxygen atoms in total. The van der Waals surface area contributed by atoms with Crippen molar-refractivity contribution in [2.24, 2.45) is 7.05 Å². The van der Waals surface area contributed by atoms with Crippen LogP contribution in [0.2, 0.25) is 0 Å². The second-order valence-electron chi connectivity index (χ2n) is 5.47. The third-order valence-electron chi connectivity index (χ3n) is 3.36. The number of ether oxygens (including phenoxy) is 1. The van der Waals surface area contributed by atoms with Gasteiger partial charge in [-0.2, -0.15) is 10.2 Å². The van der Waals surface area contributed by atoms with Gasteiger partial charge in [-0.1, -0.05) is 0 Å². The fourth-order valence-electron chi connectivity index (χ4n) is 1.92. The molecule has 0 aliphatic carbocycles. The maximum absolute atomic E-state index is 12.6. The molecule has 0 aromatic carbocycles. The van der Waals surface area contributed by atoms with Crippen LogP contribution >= 0.6 is 0 Å². The number of aromatic nitrogens is 4. The summed E-state index contributed by atoms with van der Waals surface area (Å²) in [6, 6.07) is 0. The molecule has 0 saturated carbocycles. The first-order valence-corrected chi connectivity index (χ1v) is 6.79. The van der Waals surface area contributed by atoms with E-state index in [1.807, 2.05) is 0 Å². The Hall–Kier alpha value is -3.24. The number of hydrogen-bond acceptors (Lipinski definition) is 7. The van der Waals surface area contributed by atoms with Gasteiger partial charge in [0.25, 0.3) is 5.91 Å². The fourth-order valence-corrected chi connectivity index (χ4v) is 1.92. The van der Waals surface area contributed by atoms with Crippen molar-refractivity contribution >= 4 is 23.3 Å². The molecule has 0 radical (unpaired) electrons. The molecule has 0 unspecified atom stereocenters. The zero-order valence-electron chi connectivity index (χ0n) is 13.5. The summed E-state index contributed by atoms with van der Waals surface area (Å²) in [6.45, 7) is 3.07. The number of nitro groups is 1. The molecule has 0 saturated heterocycles. The normalized spacial score (nSPS) is 11.2. The van der Waals surface area contributed by atoms with Crippen molar-refractivity contribution in [3.63, 3.8) is 0 Å². The van der Waals surface area contributed by atoms with E-state index in [-0.39, 0.29) is 17.1 Å². The highest BCUT2D eigenvalue weighted by molar-refractivity contribution is 6.02. The van der Waals surface area contributed by atoms with Crippen LogP contribution in [0.15, 0.2) is 18.6 Å². The van der Waals surface area contributed by atoms with Crippen LogP contribution in [0.25, 0.3) is 0 Å². The number of carbonyl (C=O) groups excluding carboxylic acids is 2. The minimum absolute atomic E-state index is 0.0457. The van der Waals surface area contributed by atoms with Gasteiger partial charge in [-0.25, -0.2) is 4.79 Å². The van der Waals surface area contributed by atoms with Crippen molar-refractivity contribution in [1.82, 2.24) is 19.6 Å². The Labute approximate surface area is 136 Å². The number of amides is 1. The van der Waals surface area contributed by atoms with Crippen LogP contribution in [0, 0.1) is 10.1 Å². The van der Waals surface area contributed by atoms with Gasteiger partial charge in [0.2, 0.25) is 0 Å². The molecule has 0 aliphatic heterocycles. The van der Waals surface area contributed by atoms with E-state index in [1.165, 1.54) is 36.5 Å². The van der Waals surface area contributed by atoms with Crippen LogP contribution in [-0.4, -0.2) is 43.5 Å². The number of esters is 1. The number of carbonyl (C=O) groups is 2. The maximum Gasteiger partial charge on any atom is 0.360 e. The third-order valence-corrected chi connectivity index (χ3v) is 3.36. The first kappa shape index (κ1) is 17.1. The van der Waals surface area contributed by atoms with Crippen LogP contribution in [0.1, 0.15) is 24.3 Å². The SMILES string of the molecule is COC(=O)c1nn(C)cc1NC(=O)C(C)(C)n1cc([N+](=O)[O-])cn1. The van der Waals surface area contributed by atoms with Gasteiger partial charge in [-0.05, 0) is 13.8 Å². The van der Waals surface area contributed by atoms with Crippen molar-refractivity contribution in [3.05, 3.63) is 34.4 Å². The fraction of sp³-hybridized carbons (Fsp3) is 0.385. The van der Waals surface area contributed by atoms with Crippen LogP contribution in [0.3, 0.4) is 0 Å². The number of nitrogens with one attached hydrogen (secondary N) is 1. The lowest BCUT2D eigenvalue weighted by molar-refractivity contribution is -0.385. The topological polar surface area (TPSA) is 134 Å². The maximum atomic E-state index is 12.6. The first-order valence-electron chi connectivity index (χ1n) is 6.79. The van der Waals surface area contributed by atoms with Gasteiger partial charge in [0, 0.05) is 13.2 Å². The predicted octanol–water partition coefficient (Wildman–Crippen LogP) is 0.685. The van der Waals surface area contributed by atoms with Crippen LogP contribution in [0.5, 0.6) is 0 Å². The van der Waals surface area contributed by atoms with E-state index in [1.54, 1.807) is 7.05 Å². The van der Waals surface area contributed by atoms with Gasteiger partial charge in [0.1, 0.15) is 17.9 Å². The van der Waals surface area contributed by atoms with Crippen LogP contribution < -0.4 is 5.32 Å². The standard InChI is InChI=1S/C13H16N6O5/c1-13(2,18-6-8(5-14-18)19(22)23)12(21)15-9-7-17(3)16-10(9)11(20)24-4/h5-7H,1-4H3,(H,15,21). The first-order chi connectivity index (χ1) is 11.2. The summed E-state index contributed by atoms with van der Waals surface area (Å²) in [5.41, 5.74) is -1.34. The minimum Gasteiger partial charge on any atom is -0.464 e. The van der Waals surface area contributed by atoms with Crippen molar-refractivity contribution < 1.29 is 19.2 Å². The summed E-state index contributed by atoms with van der Waals surface area (Å²) < 4.78 is 7.14. The monoisotopic (exact) mass is 336 g/mol. The Bertz CT molecular complexity index is 806. The molecular weight excluding hydrogens is 320 g/mol. The van der Waals surface area contributed by atoms with Crippen molar-refractivity contribution in [2.75, 3.05) is 12.4 Å². The second kappa shape index (κ2) is 6.10. The van der Waals surface area contributed by atoms with E-state index in [0.717, 1.165) is 12.4 Å². The highest BCUT2D eigenvalue weighted by Crippen LogP contribution is 2.22. The van der Waals surface area contributed by atoms with Crippen LogP contribution in [-0.2, 0) is 22.1 Å². The van der Waals surface area contributed by atoms with Crippen molar-refractivity contribution in [3.8, 4) is 0 Å². The lowest BCUT2D eigenvalue weighted by Gasteiger charge is -2.23. The zero-order chi connectivity index (χ0) is 18.1. The molecule has 0 aliphatic rings. The average Bonchev–Trinajstić information content (AvgIpc) is 3.13. The summed E-state index contributed by atoms with van der Waals surface area (Å²) >= 11 is 0. The van der Waals surface area contributed by atoms with Gasteiger partial charge < -0.3 is 10.1 Å². The van der Waals surface area contributed by atoms with Gasteiger partial charge in [-0.3, -0.25) is 24.3 Å². The quantitative estimate of drug-likeness (QED) is 0.482. The number of hydrogen-bond donors (Lipinski definition) is 1. The highest BCUT2D eigenvalue weighted by atomic mass is 16.6. The summed E-state index contributed by atoms with van der Waals surface area (Å²) in [5.74, 6) is -1.22. The van der Waals surface area contributed by atoms with E-state index in [9.17, 15) is 19.7 Å². The Kier molecular flexibility index (Phi) is 4.35. The number of aryl methyl sites for hydroxylation is 1. The predicted molar refractivity (Wildman–Crippen MR) is 81.4 cm³/mol. The van der Waals surface area contributed by atoms with Crippen molar-refractivity contribution in [2.45, 2.75) is 19.4 Å². The molecule has 0 atom stereocenters. The smallest absolute Gasteiger partial charge is 0.360 e. The summed E-state index contributed by atoms with van der Waals surface area (Å²) in [5, 5.41) is 21.1. The van der Waals surface area contributed by atoms with Gasteiger partial charge in [0.05, 0.1) is 17.7 Å². The van der Waals surface area contributed by atoms with E-state index < -0.39 is 22.3 Å². The zero-order valence-corrected chi connectivity index (χ0v) is 13.5. The lowest BCUT2D eigenvalue weighted by atomic mass is 10.0. The van der Waals surface area contributed by atoms with Crippen LogP contribution in [0.4, 0.5) is 11.4 Å². The summed E-state index contributed by atoms with van der Waals surface area (Å²) in [6.07, 6.45) is 3.66.